The van der Waals surface area contributed by atoms with Crippen molar-refractivity contribution >= 4 is 23.8 Å². The Labute approximate surface area is 110 Å². The molecule has 0 aromatic heterocycles. The summed E-state index contributed by atoms with van der Waals surface area (Å²) in [5.41, 5.74) is 0. The van der Waals surface area contributed by atoms with Gasteiger partial charge < -0.3 is 15.3 Å². The number of nitrogens with one attached hydrogen (secondary N) is 1. The van der Waals surface area contributed by atoms with Gasteiger partial charge in [-0.1, -0.05) is 0 Å². The number of hydrogen-bond donors (Lipinski definition) is 2. The maximum Gasteiger partial charge on any atom is 0.323 e. The first-order valence-electron chi connectivity index (χ1n) is 5.94. The Morgan fingerprint density at radius 3 is 2.63 bits per heavy atom. The third-order valence-electron chi connectivity index (χ3n) is 2.94. The molecule has 0 spiro atoms. The van der Waals surface area contributed by atoms with Gasteiger partial charge in [-0.2, -0.15) is 0 Å². The molecular formula is C11H17N3O5. The summed E-state index contributed by atoms with van der Waals surface area (Å²) < 4.78 is 0. The molecule has 0 saturated carbocycles. The van der Waals surface area contributed by atoms with Gasteiger partial charge in [0.2, 0.25) is 5.91 Å². The molecule has 0 aliphatic carbocycles. The second kappa shape index (κ2) is 6.17. The number of carbonyl (C=O) groups is 4. The molecule has 2 N–H and O–H groups in total. The highest BCUT2D eigenvalue weighted by molar-refractivity contribution is 6.01. The molecule has 1 fully saturated rings. The molecule has 1 aliphatic heterocycles. The lowest BCUT2D eigenvalue weighted by Crippen LogP contribution is -2.55. The van der Waals surface area contributed by atoms with Gasteiger partial charge in [0.15, 0.2) is 0 Å². The van der Waals surface area contributed by atoms with Gasteiger partial charge in [0.05, 0.1) is 0 Å². The largest absolute Gasteiger partial charge is 0.480 e. The van der Waals surface area contributed by atoms with Crippen LogP contribution in [0.25, 0.3) is 0 Å². The number of nitrogens with zero attached hydrogens (tertiary/aromatic N) is 2. The van der Waals surface area contributed by atoms with Gasteiger partial charge in [-0.05, 0) is 13.3 Å². The number of likely N-dealkylation sites (N-methyl/N-ethyl adjacent to an activating group) is 2. The van der Waals surface area contributed by atoms with Crippen LogP contribution in [0.2, 0.25) is 0 Å². The normalized spacial score (nSPS) is 19.3. The van der Waals surface area contributed by atoms with E-state index in [1.807, 2.05) is 0 Å². The van der Waals surface area contributed by atoms with E-state index in [1.54, 1.807) is 6.92 Å². The molecule has 0 aromatic carbocycles. The van der Waals surface area contributed by atoms with Gasteiger partial charge >= 0.3 is 12.0 Å². The van der Waals surface area contributed by atoms with Gasteiger partial charge in [-0.15, -0.1) is 0 Å². The Morgan fingerprint density at radius 2 is 2.11 bits per heavy atom. The SMILES string of the molecule is CCN(CC(=O)O)C(=O)NC1CCC(=O)N(C)C1=O. The maximum absolute atomic E-state index is 11.8. The molecule has 1 rings (SSSR count). The van der Waals surface area contributed by atoms with Crippen molar-refractivity contribution in [2.45, 2.75) is 25.8 Å². The number of likely N-dealkylation sites (tertiary alicyclic amines) is 1. The van der Waals surface area contributed by atoms with E-state index in [0.29, 0.717) is 0 Å². The van der Waals surface area contributed by atoms with Crippen LogP contribution in [0, 0.1) is 0 Å². The van der Waals surface area contributed by atoms with Crippen LogP contribution < -0.4 is 5.32 Å². The van der Waals surface area contributed by atoms with E-state index in [0.717, 1.165) is 9.80 Å². The van der Waals surface area contributed by atoms with Crippen LogP contribution in [-0.2, 0) is 14.4 Å². The van der Waals surface area contributed by atoms with Gasteiger partial charge in [0, 0.05) is 20.0 Å². The van der Waals surface area contributed by atoms with Crippen LogP contribution in [-0.4, -0.2) is 64.9 Å². The lowest BCUT2D eigenvalue weighted by Gasteiger charge is -2.30. The van der Waals surface area contributed by atoms with E-state index in [4.69, 9.17) is 5.11 Å². The first-order valence-corrected chi connectivity index (χ1v) is 5.94. The zero-order valence-electron chi connectivity index (χ0n) is 10.9. The van der Waals surface area contributed by atoms with E-state index in [1.165, 1.54) is 7.05 Å². The highest BCUT2D eigenvalue weighted by Crippen LogP contribution is 2.11. The van der Waals surface area contributed by atoms with Crippen molar-refractivity contribution in [1.82, 2.24) is 15.1 Å². The lowest BCUT2D eigenvalue weighted by molar-refractivity contribution is -0.147. The molecule has 0 aromatic rings. The average Bonchev–Trinajstić information content (AvgIpc) is 2.36. The zero-order chi connectivity index (χ0) is 14.6. The summed E-state index contributed by atoms with van der Waals surface area (Å²) in [7, 11) is 1.36. The lowest BCUT2D eigenvalue weighted by atomic mass is 10.1. The second-order valence-electron chi connectivity index (χ2n) is 4.24. The third kappa shape index (κ3) is 3.67. The van der Waals surface area contributed by atoms with Crippen molar-refractivity contribution in [2.24, 2.45) is 0 Å². The van der Waals surface area contributed by atoms with Crippen molar-refractivity contribution < 1.29 is 24.3 Å². The number of carbonyl (C=O) groups excluding carboxylic acids is 3. The van der Waals surface area contributed by atoms with Gasteiger partial charge in [0.1, 0.15) is 12.6 Å². The van der Waals surface area contributed by atoms with E-state index in [-0.39, 0.29) is 25.3 Å². The zero-order valence-corrected chi connectivity index (χ0v) is 10.9. The van der Waals surface area contributed by atoms with Crippen LogP contribution in [0.5, 0.6) is 0 Å². The molecule has 1 atom stereocenters. The summed E-state index contributed by atoms with van der Waals surface area (Å²) in [4.78, 5) is 47.5. The predicted molar refractivity (Wildman–Crippen MR) is 64.2 cm³/mol. The monoisotopic (exact) mass is 271 g/mol. The quantitative estimate of drug-likeness (QED) is 0.654. The highest BCUT2D eigenvalue weighted by atomic mass is 16.4. The number of hydrogen-bond acceptors (Lipinski definition) is 4. The number of piperidine rings is 1. The summed E-state index contributed by atoms with van der Waals surface area (Å²) >= 11 is 0. The first-order chi connectivity index (χ1) is 8.86. The predicted octanol–water partition coefficient (Wildman–Crippen LogP) is -0.750. The Hall–Kier alpha value is -2.12. The Balaban J connectivity index is 2.63. The second-order valence-corrected chi connectivity index (χ2v) is 4.24. The van der Waals surface area contributed by atoms with Gasteiger partial charge in [-0.25, -0.2) is 4.79 Å². The Morgan fingerprint density at radius 1 is 1.47 bits per heavy atom. The molecule has 19 heavy (non-hydrogen) atoms. The number of carboxylic acids is 1. The van der Waals surface area contributed by atoms with Crippen LogP contribution in [0.1, 0.15) is 19.8 Å². The van der Waals surface area contributed by atoms with Crippen molar-refractivity contribution in [3.8, 4) is 0 Å². The van der Waals surface area contributed by atoms with Crippen molar-refractivity contribution in [3.63, 3.8) is 0 Å². The average molecular weight is 271 g/mol. The molecule has 1 heterocycles. The van der Waals surface area contributed by atoms with Crippen molar-refractivity contribution in [1.29, 1.82) is 0 Å². The minimum atomic E-state index is -1.13. The minimum absolute atomic E-state index is 0.179. The van der Waals surface area contributed by atoms with Gasteiger partial charge in [-0.3, -0.25) is 19.3 Å². The van der Waals surface area contributed by atoms with Crippen LogP contribution in [0.4, 0.5) is 4.79 Å². The number of imide groups is 1. The molecular weight excluding hydrogens is 254 g/mol. The van der Waals surface area contributed by atoms with Crippen LogP contribution in [0.3, 0.4) is 0 Å². The minimum Gasteiger partial charge on any atom is -0.480 e. The molecule has 1 unspecified atom stereocenters. The number of aliphatic carboxylic acids is 1. The summed E-state index contributed by atoms with van der Waals surface area (Å²) in [5, 5.41) is 11.1. The Bertz CT molecular complexity index is 409. The standard InChI is InChI=1S/C11H17N3O5/c1-3-14(6-9(16)17)11(19)12-7-4-5-8(15)13(2)10(7)18/h7H,3-6H2,1-2H3,(H,12,19)(H,16,17). The summed E-state index contributed by atoms with van der Waals surface area (Å²) in [5.74, 6) is -1.89. The highest BCUT2D eigenvalue weighted by Gasteiger charge is 2.33. The molecule has 0 bridgehead atoms. The van der Waals surface area contributed by atoms with Crippen LogP contribution >= 0.6 is 0 Å². The summed E-state index contributed by atoms with van der Waals surface area (Å²) in [6.45, 7) is 1.42. The van der Waals surface area contributed by atoms with E-state index in [2.05, 4.69) is 5.32 Å². The van der Waals surface area contributed by atoms with E-state index >= 15 is 0 Å². The van der Waals surface area contributed by atoms with E-state index < -0.39 is 30.5 Å². The summed E-state index contributed by atoms with van der Waals surface area (Å²) in [6, 6.07) is -1.40. The molecule has 4 amide bonds. The first kappa shape index (κ1) is 14.9. The fourth-order valence-corrected chi connectivity index (χ4v) is 1.78. The maximum atomic E-state index is 11.8. The fraction of sp³-hybridized carbons (Fsp3) is 0.636. The number of carboxylic acid groups (broad SMARTS) is 1. The van der Waals surface area contributed by atoms with Crippen molar-refractivity contribution in [3.05, 3.63) is 0 Å². The Kier molecular flexibility index (Phi) is 4.85. The van der Waals surface area contributed by atoms with Crippen molar-refractivity contribution in [2.75, 3.05) is 20.1 Å². The fourth-order valence-electron chi connectivity index (χ4n) is 1.78. The van der Waals surface area contributed by atoms with Gasteiger partial charge in [0.25, 0.3) is 5.91 Å². The number of urea groups is 1. The number of rotatable bonds is 4. The third-order valence-corrected chi connectivity index (χ3v) is 2.94. The molecule has 8 heteroatoms. The topological polar surface area (TPSA) is 107 Å². The molecule has 8 nitrogen and oxygen atoms in total. The van der Waals surface area contributed by atoms with E-state index in [9.17, 15) is 19.2 Å². The van der Waals surface area contributed by atoms with Crippen LogP contribution in [0.15, 0.2) is 0 Å². The molecule has 0 radical (unpaired) electrons. The molecule has 1 saturated heterocycles. The summed E-state index contributed by atoms with van der Waals surface area (Å²) in [6.07, 6.45) is 0.413. The molecule has 1 aliphatic rings. The smallest absolute Gasteiger partial charge is 0.323 e. The molecule has 106 valence electrons. The number of amides is 4.